The van der Waals surface area contributed by atoms with Crippen LogP contribution in [0.5, 0.6) is 0 Å². The third kappa shape index (κ3) is 3.42. The van der Waals surface area contributed by atoms with Crippen molar-refractivity contribution >= 4 is 22.9 Å². The van der Waals surface area contributed by atoms with Crippen molar-refractivity contribution < 1.29 is 23.1 Å². The van der Waals surface area contributed by atoms with Crippen LogP contribution in [0.4, 0.5) is 18.9 Å². The second kappa shape index (κ2) is 6.43. The molecular formula is C14H8F3NO2S. The van der Waals surface area contributed by atoms with Crippen molar-refractivity contribution in [3.8, 4) is 11.8 Å². The zero-order valence-corrected chi connectivity index (χ0v) is 11.2. The highest BCUT2D eigenvalue weighted by molar-refractivity contribution is 7.10. The minimum atomic E-state index is -1.65. The molecule has 0 fully saturated rings. The minimum Gasteiger partial charge on any atom is -0.384 e. The van der Waals surface area contributed by atoms with Gasteiger partial charge in [0.25, 0.3) is 5.91 Å². The van der Waals surface area contributed by atoms with Crippen LogP contribution < -0.4 is 5.32 Å². The number of hydrogen-bond acceptors (Lipinski definition) is 3. The molecule has 0 saturated heterocycles. The molecule has 7 heteroatoms. The third-order valence-electron chi connectivity index (χ3n) is 2.44. The van der Waals surface area contributed by atoms with E-state index in [-0.39, 0.29) is 12.2 Å². The Morgan fingerprint density at radius 3 is 2.76 bits per heavy atom. The highest BCUT2D eigenvalue weighted by Crippen LogP contribution is 2.21. The molecule has 0 aliphatic carbocycles. The molecule has 0 aliphatic rings. The van der Waals surface area contributed by atoms with E-state index >= 15 is 0 Å². The number of aliphatic hydroxyl groups is 1. The molecule has 108 valence electrons. The summed E-state index contributed by atoms with van der Waals surface area (Å²) in [5.41, 5.74) is -0.250. The van der Waals surface area contributed by atoms with Crippen LogP contribution in [-0.4, -0.2) is 17.6 Å². The Hall–Kier alpha value is -2.30. The number of thiophene rings is 1. The van der Waals surface area contributed by atoms with E-state index < -0.39 is 29.0 Å². The van der Waals surface area contributed by atoms with E-state index in [2.05, 4.69) is 17.2 Å². The number of benzene rings is 1. The fourth-order valence-corrected chi connectivity index (χ4v) is 2.22. The summed E-state index contributed by atoms with van der Waals surface area (Å²) < 4.78 is 39.3. The van der Waals surface area contributed by atoms with E-state index in [9.17, 15) is 18.0 Å². The van der Waals surface area contributed by atoms with E-state index in [1.165, 1.54) is 11.4 Å². The molecule has 1 aromatic heterocycles. The number of halogens is 3. The van der Waals surface area contributed by atoms with Gasteiger partial charge in [0.15, 0.2) is 17.5 Å². The van der Waals surface area contributed by atoms with Gasteiger partial charge >= 0.3 is 0 Å². The number of aliphatic hydroxyl groups excluding tert-OH is 1. The molecule has 21 heavy (non-hydrogen) atoms. The second-order valence-corrected chi connectivity index (χ2v) is 4.75. The molecular weight excluding hydrogens is 303 g/mol. The molecule has 2 rings (SSSR count). The van der Waals surface area contributed by atoms with Crippen molar-refractivity contribution in [1.82, 2.24) is 0 Å². The SMILES string of the molecule is O=C(Nc1ccc(F)c(F)c1F)c1csc(C#CCO)c1. The lowest BCUT2D eigenvalue weighted by Crippen LogP contribution is -2.13. The van der Waals surface area contributed by atoms with Crippen molar-refractivity contribution in [2.24, 2.45) is 0 Å². The molecule has 3 nitrogen and oxygen atoms in total. The maximum atomic E-state index is 13.4. The Morgan fingerprint density at radius 2 is 2.05 bits per heavy atom. The molecule has 0 radical (unpaired) electrons. The smallest absolute Gasteiger partial charge is 0.256 e. The zero-order valence-electron chi connectivity index (χ0n) is 10.4. The molecule has 0 saturated carbocycles. The Bertz CT molecular complexity index is 746. The number of rotatable bonds is 2. The van der Waals surface area contributed by atoms with Crippen LogP contribution in [0, 0.1) is 29.3 Å². The van der Waals surface area contributed by atoms with Crippen LogP contribution in [-0.2, 0) is 0 Å². The summed E-state index contributed by atoms with van der Waals surface area (Å²) in [6.07, 6.45) is 0. The van der Waals surface area contributed by atoms with Gasteiger partial charge in [-0.3, -0.25) is 4.79 Å². The quantitative estimate of drug-likeness (QED) is 0.662. The Balaban J connectivity index is 2.18. The van der Waals surface area contributed by atoms with Crippen molar-refractivity contribution in [2.45, 2.75) is 0 Å². The van der Waals surface area contributed by atoms with Crippen molar-refractivity contribution in [1.29, 1.82) is 0 Å². The average Bonchev–Trinajstić information content (AvgIpc) is 2.94. The number of carbonyl (C=O) groups excluding carboxylic acids is 1. The number of anilines is 1. The molecule has 1 aromatic carbocycles. The number of amides is 1. The highest BCUT2D eigenvalue weighted by atomic mass is 32.1. The van der Waals surface area contributed by atoms with Gasteiger partial charge in [0, 0.05) is 5.38 Å². The van der Waals surface area contributed by atoms with Crippen LogP contribution >= 0.6 is 11.3 Å². The van der Waals surface area contributed by atoms with Gasteiger partial charge in [0.05, 0.1) is 16.1 Å². The number of hydrogen-bond donors (Lipinski definition) is 2. The predicted octanol–water partition coefficient (Wildman–Crippen LogP) is 2.76. The number of nitrogens with one attached hydrogen (secondary N) is 1. The van der Waals surface area contributed by atoms with Gasteiger partial charge in [0.1, 0.15) is 6.61 Å². The second-order valence-electron chi connectivity index (χ2n) is 3.84. The normalized spacial score (nSPS) is 9.90. The van der Waals surface area contributed by atoms with Gasteiger partial charge in [-0.15, -0.1) is 11.3 Å². The lowest BCUT2D eigenvalue weighted by Gasteiger charge is -2.06. The summed E-state index contributed by atoms with van der Waals surface area (Å²) in [5, 5.41) is 12.2. The lowest BCUT2D eigenvalue weighted by atomic mass is 10.2. The molecule has 2 N–H and O–H groups in total. The van der Waals surface area contributed by atoms with E-state index in [0.29, 0.717) is 4.88 Å². The van der Waals surface area contributed by atoms with Gasteiger partial charge < -0.3 is 10.4 Å². The first-order valence-corrected chi connectivity index (χ1v) is 6.54. The summed E-state index contributed by atoms with van der Waals surface area (Å²) in [7, 11) is 0. The predicted molar refractivity (Wildman–Crippen MR) is 72.6 cm³/mol. The largest absolute Gasteiger partial charge is 0.384 e. The van der Waals surface area contributed by atoms with E-state index in [1.54, 1.807) is 0 Å². The van der Waals surface area contributed by atoms with Crippen LogP contribution in [0.15, 0.2) is 23.6 Å². The monoisotopic (exact) mass is 311 g/mol. The third-order valence-corrected chi connectivity index (χ3v) is 3.28. The maximum Gasteiger partial charge on any atom is 0.256 e. The van der Waals surface area contributed by atoms with Crippen molar-refractivity contribution in [3.05, 3.63) is 51.5 Å². The maximum absolute atomic E-state index is 13.4. The minimum absolute atomic E-state index is 0.200. The Morgan fingerprint density at radius 1 is 1.29 bits per heavy atom. The molecule has 1 heterocycles. The average molecular weight is 311 g/mol. The van der Waals surface area contributed by atoms with Gasteiger partial charge in [0.2, 0.25) is 0 Å². The van der Waals surface area contributed by atoms with Gasteiger partial charge in [-0.05, 0) is 18.2 Å². The van der Waals surface area contributed by atoms with Crippen LogP contribution in [0.1, 0.15) is 15.2 Å². The molecule has 2 aromatic rings. The van der Waals surface area contributed by atoms with Gasteiger partial charge in [-0.2, -0.15) is 0 Å². The first-order chi connectivity index (χ1) is 10.0. The van der Waals surface area contributed by atoms with Crippen molar-refractivity contribution in [2.75, 3.05) is 11.9 Å². The van der Waals surface area contributed by atoms with Gasteiger partial charge in [-0.25, -0.2) is 13.2 Å². The first kappa shape index (κ1) is 15.1. The summed E-state index contributed by atoms with van der Waals surface area (Å²) >= 11 is 1.16. The molecule has 0 atom stereocenters. The van der Waals surface area contributed by atoms with Crippen LogP contribution in [0.2, 0.25) is 0 Å². The first-order valence-electron chi connectivity index (χ1n) is 5.66. The summed E-state index contributed by atoms with van der Waals surface area (Å²) in [6.45, 7) is -0.306. The lowest BCUT2D eigenvalue weighted by molar-refractivity contribution is 0.102. The number of carbonyl (C=O) groups is 1. The molecule has 0 aliphatic heterocycles. The molecule has 0 spiro atoms. The van der Waals surface area contributed by atoms with Crippen molar-refractivity contribution in [3.63, 3.8) is 0 Å². The summed E-state index contributed by atoms with van der Waals surface area (Å²) in [5.74, 6) is -0.0704. The van der Waals surface area contributed by atoms with Crippen LogP contribution in [0.3, 0.4) is 0 Å². The molecule has 0 bridgehead atoms. The Labute approximate surface area is 122 Å². The van der Waals surface area contributed by atoms with E-state index in [0.717, 1.165) is 23.5 Å². The fourth-order valence-electron chi connectivity index (χ4n) is 1.46. The summed E-state index contributed by atoms with van der Waals surface area (Å²) in [6, 6.07) is 3.10. The standard InChI is InChI=1S/C14H8F3NO2S/c15-10-3-4-11(13(17)12(10)16)18-14(20)8-6-9(21-7-8)2-1-5-19/h3-4,6-7,19H,5H2,(H,18,20). The van der Waals surface area contributed by atoms with Crippen LogP contribution in [0.25, 0.3) is 0 Å². The topological polar surface area (TPSA) is 49.3 Å². The van der Waals surface area contributed by atoms with E-state index in [4.69, 9.17) is 5.11 Å². The highest BCUT2D eigenvalue weighted by Gasteiger charge is 2.16. The van der Waals surface area contributed by atoms with E-state index in [1.807, 2.05) is 0 Å². The summed E-state index contributed by atoms with van der Waals surface area (Å²) in [4.78, 5) is 12.4. The zero-order chi connectivity index (χ0) is 15.4. The molecule has 0 unspecified atom stereocenters. The Kier molecular flexibility index (Phi) is 4.62. The fraction of sp³-hybridized carbons (Fsp3) is 0.0714. The van der Waals surface area contributed by atoms with Gasteiger partial charge in [-0.1, -0.05) is 11.8 Å². The molecule has 1 amide bonds.